The van der Waals surface area contributed by atoms with Crippen molar-refractivity contribution in [2.45, 2.75) is 31.5 Å². The number of ketones is 1. The molecule has 3 heterocycles. The number of carbonyl (C=O) groups excluding carboxylic acids is 2. The zero-order valence-electron chi connectivity index (χ0n) is 15.0. The average molecular weight is 387 g/mol. The van der Waals surface area contributed by atoms with Gasteiger partial charge in [0.1, 0.15) is 11.4 Å². The van der Waals surface area contributed by atoms with Crippen molar-refractivity contribution >= 4 is 23.4 Å². The van der Waals surface area contributed by atoms with E-state index in [0.717, 1.165) is 12.1 Å². The van der Waals surface area contributed by atoms with E-state index < -0.39 is 17.2 Å². The fraction of sp³-hybridized carbons (Fsp3) is 0.350. The van der Waals surface area contributed by atoms with Crippen LogP contribution in [0.5, 0.6) is 5.75 Å². The number of rotatable bonds is 4. The van der Waals surface area contributed by atoms with Gasteiger partial charge in [0.15, 0.2) is 11.2 Å². The molecule has 27 heavy (non-hydrogen) atoms. The molecule has 2 aliphatic heterocycles. The van der Waals surface area contributed by atoms with Crippen LogP contribution in [0.3, 0.4) is 0 Å². The minimum absolute atomic E-state index is 0.0836. The normalized spacial score (nSPS) is 21.2. The minimum Gasteiger partial charge on any atom is -0.480 e. The summed E-state index contributed by atoms with van der Waals surface area (Å²) in [6, 6.07) is 8.51. The van der Waals surface area contributed by atoms with Gasteiger partial charge >= 0.3 is 5.97 Å². The Morgan fingerprint density at radius 3 is 2.70 bits per heavy atom. The van der Waals surface area contributed by atoms with Gasteiger partial charge in [-0.3, -0.25) is 9.78 Å². The first-order chi connectivity index (χ1) is 12.8. The van der Waals surface area contributed by atoms with E-state index in [1.165, 1.54) is 0 Å². The van der Waals surface area contributed by atoms with Gasteiger partial charge in [0.2, 0.25) is 5.78 Å². The predicted molar refractivity (Wildman–Crippen MR) is 99.3 cm³/mol. The maximum absolute atomic E-state index is 13.2. The molecule has 0 radical (unpaired) electrons. The molecule has 1 fully saturated rings. The molecule has 0 bridgehead atoms. The van der Waals surface area contributed by atoms with Crippen molar-refractivity contribution in [1.29, 1.82) is 0 Å². The van der Waals surface area contributed by atoms with E-state index in [1.54, 1.807) is 50.4 Å². The average Bonchev–Trinajstić information content (AvgIpc) is 3.22. The highest BCUT2D eigenvalue weighted by Crippen LogP contribution is 2.42. The SMILES string of the molecule is CC(C)(Oc1ccc(Cl)cc1)C(=O)c1nccc2c1C(=O)O[C@]21CCNC1. The van der Waals surface area contributed by atoms with Gasteiger partial charge in [-0.15, -0.1) is 0 Å². The first-order valence-electron chi connectivity index (χ1n) is 8.75. The van der Waals surface area contributed by atoms with E-state index in [9.17, 15) is 9.59 Å². The van der Waals surface area contributed by atoms with Crippen molar-refractivity contribution in [3.8, 4) is 5.75 Å². The molecule has 140 valence electrons. The van der Waals surface area contributed by atoms with E-state index in [2.05, 4.69) is 10.3 Å². The molecule has 0 amide bonds. The summed E-state index contributed by atoms with van der Waals surface area (Å²) in [5.41, 5.74) is -0.872. The number of benzene rings is 1. The minimum atomic E-state index is -1.22. The molecule has 2 aliphatic rings. The number of ether oxygens (including phenoxy) is 2. The van der Waals surface area contributed by atoms with Gasteiger partial charge in [-0.1, -0.05) is 11.6 Å². The fourth-order valence-corrected chi connectivity index (χ4v) is 3.74. The third-order valence-electron chi connectivity index (χ3n) is 5.00. The number of hydrogen-bond donors (Lipinski definition) is 1. The Labute approximate surface area is 161 Å². The second kappa shape index (κ2) is 6.32. The highest BCUT2D eigenvalue weighted by molar-refractivity contribution is 6.30. The summed E-state index contributed by atoms with van der Waals surface area (Å²) in [5, 5.41) is 3.79. The van der Waals surface area contributed by atoms with Crippen molar-refractivity contribution < 1.29 is 19.1 Å². The zero-order chi connectivity index (χ0) is 19.2. The molecule has 7 heteroatoms. The van der Waals surface area contributed by atoms with Crippen LogP contribution in [0, 0.1) is 0 Å². The van der Waals surface area contributed by atoms with Gasteiger partial charge in [0, 0.05) is 29.7 Å². The lowest BCUT2D eigenvalue weighted by Crippen LogP contribution is -2.39. The second-order valence-corrected chi connectivity index (χ2v) is 7.72. The third-order valence-corrected chi connectivity index (χ3v) is 5.25. The van der Waals surface area contributed by atoms with Crippen LogP contribution in [0.4, 0.5) is 0 Å². The Hall–Kier alpha value is -2.44. The van der Waals surface area contributed by atoms with Crippen LogP contribution < -0.4 is 10.1 Å². The van der Waals surface area contributed by atoms with Crippen LogP contribution in [0.2, 0.25) is 5.02 Å². The zero-order valence-corrected chi connectivity index (χ0v) is 15.8. The number of nitrogens with one attached hydrogen (secondary N) is 1. The van der Waals surface area contributed by atoms with Crippen molar-refractivity contribution in [2.75, 3.05) is 13.1 Å². The molecular weight excluding hydrogens is 368 g/mol. The number of halogens is 1. The van der Waals surface area contributed by atoms with Gasteiger partial charge in [-0.2, -0.15) is 0 Å². The van der Waals surface area contributed by atoms with Gasteiger partial charge in [0.05, 0.1) is 5.56 Å². The second-order valence-electron chi connectivity index (χ2n) is 7.29. The highest BCUT2D eigenvalue weighted by Gasteiger charge is 2.50. The fourth-order valence-electron chi connectivity index (χ4n) is 3.62. The summed E-state index contributed by atoms with van der Waals surface area (Å²) in [6.07, 6.45) is 2.22. The quantitative estimate of drug-likeness (QED) is 0.642. The van der Waals surface area contributed by atoms with Gasteiger partial charge in [-0.05, 0) is 50.7 Å². The topological polar surface area (TPSA) is 77.5 Å². The van der Waals surface area contributed by atoms with Crippen molar-refractivity contribution in [2.24, 2.45) is 0 Å². The lowest BCUT2D eigenvalue weighted by atomic mass is 9.88. The van der Waals surface area contributed by atoms with Crippen molar-refractivity contribution in [3.05, 3.63) is 58.4 Å². The summed E-state index contributed by atoms with van der Waals surface area (Å²) in [5.74, 6) is -0.383. The van der Waals surface area contributed by atoms with E-state index in [4.69, 9.17) is 21.1 Å². The summed E-state index contributed by atoms with van der Waals surface area (Å²) < 4.78 is 11.5. The van der Waals surface area contributed by atoms with Gasteiger partial charge in [0.25, 0.3) is 0 Å². The molecule has 1 saturated heterocycles. The molecule has 0 saturated carbocycles. The van der Waals surface area contributed by atoms with Crippen LogP contribution in [-0.2, 0) is 10.3 Å². The van der Waals surface area contributed by atoms with E-state index in [1.807, 2.05) is 0 Å². The summed E-state index contributed by atoms with van der Waals surface area (Å²) in [6.45, 7) is 4.59. The molecule has 6 nitrogen and oxygen atoms in total. The number of fused-ring (bicyclic) bond motifs is 2. The van der Waals surface area contributed by atoms with Crippen LogP contribution >= 0.6 is 11.6 Å². The first kappa shape index (κ1) is 17.9. The molecule has 0 aliphatic carbocycles. The van der Waals surface area contributed by atoms with E-state index in [0.29, 0.717) is 23.7 Å². The predicted octanol–water partition coefficient (Wildman–Crippen LogP) is 3.13. The lowest BCUT2D eigenvalue weighted by molar-refractivity contribution is 0.00155. The van der Waals surface area contributed by atoms with Gasteiger partial charge in [-0.25, -0.2) is 4.79 Å². The first-order valence-corrected chi connectivity index (χ1v) is 9.13. The highest BCUT2D eigenvalue weighted by atomic mass is 35.5. The maximum atomic E-state index is 13.2. The molecule has 1 atom stereocenters. The maximum Gasteiger partial charge on any atom is 0.341 e. The molecule has 1 aromatic heterocycles. The Morgan fingerprint density at radius 1 is 1.30 bits per heavy atom. The molecular formula is C20H19ClN2O4. The number of carbonyl (C=O) groups is 2. The molecule has 0 unspecified atom stereocenters. The molecule has 4 rings (SSSR count). The van der Waals surface area contributed by atoms with Crippen LogP contribution in [0.15, 0.2) is 36.5 Å². The number of Topliss-reactive ketones (excluding diaryl/α,β-unsaturated/α-hetero) is 1. The van der Waals surface area contributed by atoms with Crippen LogP contribution in [0.1, 0.15) is 46.7 Å². The Kier molecular flexibility index (Phi) is 4.20. The largest absolute Gasteiger partial charge is 0.480 e. The van der Waals surface area contributed by atoms with Crippen LogP contribution in [0.25, 0.3) is 0 Å². The Balaban J connectivity index is 1.69. The number of aromatic nitrogens is 1. The summed E-state index contributed by atoms with van der Waals surface area (Å²) in [4.78, 5) is 30.0. The number of pyridine rings is 1. The molecule has 1 aromatic carbocycles. The Morgan fingerprint density at radius 2 is 2.04 bits per heavy atom. The molecule has 1 N–H and O–H groups in total. The summed E-state index contributed by atoms with van der Waals surface area (Å²) in [7, 11) is 0. The standard InChI is InChI=1S/C20H19ClN2O4/c1-19(2,26-13-5-3-12(21)4-6-13)17(24)16-15-14(7-9-23-16)20(27-18(15)25)8-10-22-11-20/h3-7,9,22H,8,10-11H2,1-2H3/t20-/m0/s1. The van der Waals surface area contributed by atoms with Gasteiger partial charge < -0.3 is 14.8 Å². The van der Waals surface area contributed by atoms with E-state index in [-0.39, 0.29) is 17.0 Å². The molecule has 1 spiro atoms. The monoisotopic (exact) mass is 386 g/mol. The van der Waals surface area contributed by atoms with Crippen molar-refractivity contribution in [3.63, 3.8) is 0 Å². The molecule has 2 aromatic rings. The number of hydrogen-bond acceptors (Lipinski definition) is 6. The number of nitrogens with zero attached hydrogens (tertiary/aromatic N) is 1. The van der Waals surface area contributed by atoms with E-state index >= 15 is 0 Å². The van der Waals surface area contributed by atoms with Crippen LogP contribution in [-0.4, -0.2) is 35.4 Å². The lowest BCUT2D eigenvalue weighted by Gasteiger charge is -2.25. The third kappa shape index (κ3) is 2.99. The van der Waals surface area contributed by atoms with Crippen molar-refractivity contribution in [1.82, 2.24) is 10.3 Å². The Bertz CT molecular complexity index is 918. The summed E-state index contributed by atoms with van der Waals surface area (Å²) >= 11 is 5.89. The smallest absolute Gasteiger partial charge is 0.341 e. The number of esters is 1.